The molecule has 108 valence electrons. The summed E-state index contributed by atoms with van der Waals surface area (Å²) in [6.07, 6.45) is 1.64. The van der Waals surface area contributed by atoms with Crippen LogP contribution in [0.4, 0.5) is 5.69 Å². The van der Waals surface area contributed by atoms with Gasteiger partial charge in [0.05, 0.1) is 12.3 Å². The Hall–Kier alpha value is -1.92. The van der Waals surface area contributed by atoms with Crippen molar-refractivity contribution in [3.05, 3.63) is 39.8 Å². The van der Waals surface area contributed by atoms with E-state index < -0.39 is 0 Å². The van der Waals surface area contributed by atoms with Crippen LogP contribution in [0.25, 0.3) is 0 Å². The Kier molecular flexibility index (Phi) is 4.70. The van der Waals surface area contributed by atoms with Crippen LogP contribution in [0, 0.1) is 0 Å². The van der Waals surface area contributed by atoms with Crippen LogP contribution < -0.4 is 16.2 Å². The number of hydrogen-bond donors (Lipinski definition) is 2. The van der Waals surface area contributed by atoms with E-state index in [0.717, 1.165) is 24.2 Å². The van der Waals surface area contributed by atoms with Gasteiger partial charge < -0.3 is 19.9 Å². The van der Waals surface area contributed by atoms with Crippen molar-refractivity contribution in [1.29, 1.82) is 0 Å². The van der Waals surface area contributed by atoms with E-state index in [1.807, 2.05) is 6.92 Å². The minimum atomic E-state index is -0.126. The van der Waals surface area contributed by atoms with Gasteiger partial charge in [-0.15, -0.1) is 0 Å². The summed E-state index contributed by atoms with van der Waals surface area (Å²) in [5, 5.41) is 5.91. The van der Waals surface area contributed by atoms with E-state index in [2.05, 4.69) is 10.6 Å². The van der Waals surface area contributed by atoms with Gasteiger partial charge in [0.25, 0.3) is 11.5 Å². The van der Waals surface area contributed by atoms with Gasteiger partial charge in [-0.25, -0.2) is 0 Å². The van der Waals surface area contributed by atoms with Gasteiger partial charge in [0.1, 0.15) is 0 Å². The molecule has 0 aliphatic carbocycles. The Morgan fingerprint density at radius 3 is 2.80 bits per heavy atom. The lowest BCUT2D eigenvalue weighted by Gasteiger charge is -2.21. The molecular weight excluding hydrogens is 258 g/mol. The molecule has 0 radical (unpaired) electrons. The molecule has 0 bridgehead atoms. The number of hydrogen-bond acceptors (Lipinski definition) is 4. The topological polar surface area (TPSA) is 72.4 Å². The van der Waals surface area contributed by atoms with Crippen molar-refractivity contribution in [3.8, 4) is 0 Å². The van der Waals surface area contributed by atoms with E-state index in [4.69, 9.17) is 4.74 Å². The molecular formula is C14H19N3O3. The Morgan fingerprint density at radius 1 is 1.45 bits per heavy atom. The zero-order valence-corrected chi connectivity index (χ0v) is 11.7. The predicted molar refractivity (Wildman–Crippen MR) is 76.8 cm³/mol. The molecule has 2 rings (SSSR count). The third-order valence-corrected chi connectivity index (χ3v) is 3.33. The molecule has 6 heteroatoms. The second kappa shape index (κ2) is 6.49. The van der Waals surface area contributed by atoms with E-state index in [-0.39, 0.29) is 11.5 Å². The van der Waals surface area contributed by atoms with Gasteiger partial charge in [-0.2, -0.15) is 0 Å². The number of rotatable bonds is 5. The summed E-state index contributed by atoms with van der Waals surface area (Å²) in [7, 11) is 1.58. The van der Waals surface area contributed by atoms with E-state index in [1.165, 1.54) is 10.6 Å². The molecule has 1 aliphatic heterocycles. The smallest absolute Gasteiger partial charge is 0.251 e. The number of nitrogens with zero attached hydrogens (tertiary/aromatic N) is 1. The fourth-order valence-electron chi connectivity index (χ4n) is 1.87. The van der Waals surface area contributed by atoms with Crippen LogP contribution in [0.1, 0.15) is 6.92 Å². The van der Waals surface area contributed by atoms with Gasteiger partial charge in [0, 0.05) is 44.6 Å². The highest BCUT2D eigenvalue weighted by Gasteiger charge is 2.16. The molecule has 2 heterocycles. The number of pyridine rings is 1. The SMILES string of the molecule is COCCn1cc(NC(=O)C(C)=C2CNC2)ccc1=O. The lowest BCUT2D eigenvalue weighted by Crippen LogP contribution is -2.36. The number of nitrogens with one attached hydrogen (secondary N) is 2. The monoisotopic (exact) mass is 277 g/mol. The minimum Gasteiger partial charge on any atom is -0.383 e. The number of ether oxygens (including phenoxy) is 1. The molecule has 0 atom stereocenters. The number of anilines is 1. The largest absolute Gasteiger partial charge is 0.383 e. The highest BCUT2D eigenvalue weighted by molar-refractivity contribution is 6.03. The van der Waals surface area contributed by atoms with Crippen LogP contribution in [0.5, 0.6) is 0 Å². The van der Waals surface area contributed by atoms with Crippen LogP contribution in [0.15, 0.2) is 34.3 Å². The average Bonchev–Trinajstić information content (AvgIpc) is 2.37. The highest BCUT2D eigenvalue weighted by Crippen LogP contribution is 2.12. The summed E-state index contributed by atoms with van der Waals surface area (Å²) in [5.74, 6) is -0.126. The molecule has 1 aliphatic rings. The minimum absolute atomic E-state index is 0.113. The summed E-state index contributed by atoms with van der Waals surface area (Å²) in [4.78, 5) is 23.7. The zero-order chi connectivity index (χ0) is 14.5. The molecule has 0 spiro atoms. The van der Waals surface area contributed by atoms with Crippen molar-refractivity contribution < 1.29 is 9.53 Å². The first-order valence-corrected chi connectivity index (χ1v) is 6.52. The summed E-state index contributed by atoms with van der Waals surface area (Å²) in [5.41, 5.74) is 2.35. The van der Waals surface area contributed by atoms with Gasteiger partial charge in [-0.05, 0) is 18.6 Å². The van der Waals surface area contributed by atoms with Crippen LogP contribution in [-0.2, 0) is 16.1 Å². The number of carbonyl (C=O) groups excluding carboxylic acids is 1. The molecule has 6 nitrogen and oxygen atoms in total. The van der Waals surface area contributed by atoms with E-state index in [9.17, 15) is 9.59 Å². The zero-order valence-electron chi connectivity index (χ0n) is 11.7. The summed E-state index contributed by atoms with van der Waals surface area (Å²) in [6, 6.07) is 3.05. The number of carbonyl (C=O) groups is 1. The van der Waals surface area contributed by atoms with Gasteiger partial charge in [-0.1, -0.05) is 0 Å². The van der Waals surface area contributed by atoms with Crippen molar-refractivity contribution in [3.63, 3.8) is 0 Å². The van der Waals surface area contributed by atoms with Crippen LogP contribution >= 0.6 is 0 Å². The first-order valence-electron chi connectivity index (χ1n) is 6.52. The second-order valence-electron chi connectivity index (χ2n) is 4.73. The Labute approximate surface area is 117 Å². The first kappa shape index (κ1) is 14.5. The van der Waals surface area contributed by atoms with Crippen molar-refractivity contribution >= 4 is 11.6 Å². The average molecular weight is 277 g/mol. The normalized spacial score (nSPS) is 13.8. The van der Waals surface area contributed by atoms with Crippen LogP contribution in [0.3, 0.4) is 0 Å². The molecule has 1 amide bonds. The second-order valence-corrected chi connectivity index (χ2v) is 4.73. The summed E-state index contributed by atoms with van der Waals surface area (Å²) >= 11 is 0. The van der Waals surface area contributed by atoms with Gasteiger partial charge >= 0.3 is 0 Å². The maximum Gasteiger partial charge on any atom is 0.251 e. The van der Waals surface area contributed by atoms with Gasteiger partial charge in [0.15, 0.2) is 0 Å². The fourth-order valence-corrected chi connectivity index (χ4v) is 1.87. The summed E-state index contributed by atoms with van der Waals surface area (Å²) < 4.78 is 6.47. The molecule has 1 fully saturated rings. The molecule has 1 aromatic rings. The number of amides is 1. The molecule has 20 heavy (non-hydrogen) atoms. The maximum absolute atomic E-state index is 12.0. The molecule has 0 unspecified atom stereocenters. The molecule has 0 aromatic carbocycles. The summed E-state index contributed by atoms with van der Waals surface area (Å²) in [6.45, 7) is 4.26. The van der Waals surface area contributed by atoms with Crippen molar-refractivity contribution in [1.82, 2.24) is 9.88 Å². The van der Waals surface area contributed by atoms with E-state index in [1.54, 1.807) is 19.4 Å². The maximum atomic E-state index is 12.0. The van der Waals surface area contributed by atoms with Gasteiger partial charge in [0.2, 0.25) is 0 Å². The van der Waals surface area contributed by atoms with Crippen molar-refractivity contribution in [2.45, 2.75) is 13.5 Å². The molecule has 1 saturated heterocycles. The third kappa shape index (κ3) is 3.34. The van der Waals surface area contributed by atoms with Crippen molar-refractivity contribution in [2.24, 2.45) is 0 Å². The third-order valence-electron chi connectivity index (χ3n) is 3.33. The lowest BCUT2D eigenvalue weighted by atomic mass is 10.0. The van der Waals surface area contributed by atoms with Gasteiger partial charge in [-0.3, -0.25) is 9.59 Å². The fraction of sp³-hybridized carbons (Fsp3) is 0.429. The quantitative estimate of drug-likeness (QED) is 0.762. The lowest BCUT2D eigenvalue weighted by molar-refractivity contribution is -0.112. The van der Waals surface area contributed by atoms with E-state index in [0.29, 0.717) is 18.8 Å². The molecule has 1 aromatic heterocycles. The molecule has 0 saturated carbocycles. The Morgan fingerprint density at radius 2 is 2.20 bits per heavy atom. The van der Waals surface area contributed by atoms with Crippen LogP contribution in [-0.4, -0.2) is 37.3 Å². The predicted octanol–water partition coefficient (Wildman–Crippen LogP) is 0.353. The van der Waals surface area contributed by atoms with E-state index >= 15 is 0 Å². The number of methoxy groups -OCH3 is 1. The van der Waals surface area contributed by atoms with Crippen molar-refractivity contribution in [2.75, 3.05) is 32.1 Å². The number of aromatic nitrogens is 1. The first-order chi connectivity index (χ1) is 9.61. The van der Waals surface area contributed by atoms with Crippen LogP contribution in [0.2, 0.25) is 0 Å². The molecule has 2 N–H and O–H groups in total. The standard InChI is InChI=1S/C14H19N3O3/c1-10(11-7-15-8-11)14(19)16-12-3-4-13(18)17(9-12)5-6-20-2/h3-4,9,15H,5-8H2,1-2H3,(H,16,19). The Bertz CT molecular complexity index is 584. The Balaban J connectivity index is 2.09. The highest BCUT2D eigenvalue weighted by atomic mass is 16.5.